The Kier molecular flexibility index (Phi) is 8.86. The summed E-state index contributed by atoms with van der Waals surface area (Å²) in [5, 5.41) is 7.15. The predicted molar refractivity (Wildman–Crippen MR) is 144 cm³/mol. The number of hydrogen-bond acceptors (Lipinski definition) is 4. The lowest BCUT2D eigenvalue weighted by molar-refractivity contribution is 0.160. The van der Waals surface area contributed by atoms with Gasteiger partial charge >= 0.3 is 6.03 Å². The van der Waals surface area contributed by atoms with Gasteiger partial charge in [-0.25, -0.2) is 9.48 Å². The van der Waals surface area contributed by atoms with Gasteiger partial charge < -0.3 is 15.4 Å². The molecule has 36 heavy (non-hydrogen) atoms. The number of benzene rings is 3. The van der Waals surface area contributed by atoms with Gasteiger partial charge in [-0.05, 0) is 36.6 Å². The lowest BCUT2D eigenvalue weighted by Crippen LogP contribution is -2.24. The number of carbonyl (C=O) groups excluding carboxylic acids is 1. The fraction of sp³-hybridized carbons (Fsp3) is 0.241. The van der Waals surface area contributed by atoms with Crippen molar-refractivity contribution in [3.8, 4) is 16.9 Å². The number of aromatic nitrogens is 2. The van der Waals surface area contributed by atoms with Crippen LogP contribution in [0.2, 0.25) is 0 Å². The second kappa shape index (κ2) is 12.7. The third-order valence-electron chi connectivity index (χ3n) is 6.19. The fourth-order valence-electron chi connectivity index (χ4n) is 4.37. The molecule has 1 fully saturated rings. The molecule has 1 aliphatic rings. The number of nitrogens with one attached hydrogen (secondary N) is 1. The first-order valence-corrected chi connectivity index (χ1v) is 12.2. The van der Waals surface area contributed by atoms with Crippen LogP contribution in [0.3, 0.4) is 0 Å². The van der Waals surface area contributed by atoms with Crippen LogP contribution >= 0.6 is 0 Å². The van der Waals surface area contributed by atoms with Gasteiger partial charge in [0, 0.05) is 31.8 Å². The van der Waals surface area contributed by atoms with Gasteiger partial charge in [0.2, 0.25) is 0 Å². The Morgan fingerprint density at radius 2 is 1.64 bits per heavy atom. The summed E-state index contributed by atoms with van der Waals surface area (Å²) in [6.07, 6.45) is 1.29. The molecule has 7 nitrogen and oxygen atoms in total. The third-order valence-corrected chi connectivity index (χ3v) is 6.19. The maximum atomic E-state index is 11.2. The lowest BCUT2D eigenvalue weighted by atomic mass is 9.99. The molecule has 5 rings (SSSR count). The van der Waals surface area contributed by atoms with Gasteiger partial charge in [-0.3, -0.25) is 5.32 Å². The molecule has 2 amide bonds. The topological polar surface area (TPSA) is 85.4 Å². The number of hydrogen-bond donors (Lipinski definition) is 2. The van der Waals surface area contributed by atoms with Crippen LogP contribution in [-0.2, 0) is 4.74 Å². The number of anilines is 1. The minimum Gasteiger partial charge on any atom is -0.383 e. The first-order valence-electron chi connectivity index (χ1n) is 12.2. The Morgan fingerprint density at radius 3 is 2.28 bits per heavy atom. The highest BCUT2D eigenvalue weighted by molar-refractivity contribution is 5.88. The molecule has 186 valence electrons. The smallest absolute Gasteiger partial charge is 0.317 e. The van der Waals surface area contributed by atoms with Crippen molar-refractivity contribution in [1.29, 1.82) is 0 Å². The van der Waals surface area contributed by atoms with Gasteiger partial charge in [-0.1, -0.05) is 78.9 Å². The van der Waals surface area contributed by atoms with Gasteiger partial charge in [0.25, 0.3) is 0 Å². The van der Waals surface area contributed by atoms with Crippen LogP contribution in [0.25, 0.3) is 16.9 Å². The summed E-state index contributed by atoms with van der Waals surface area (Å²) < 4.78 is 6.76. The number of primary amides is 1. The van der Waals surface area contributed by atoms with Gasteiger partial charge in [-0.15, -0.1) is 0 Å². The minimum absolute atomic E-state index is 0.535. The highest BCUT2D eigenvalue weighted by Crippen LogP contribution is 2.26. The maximum Gasteiger partial charge on any atom is 0.317 e. The van der Waals surface area contributed by atoms with E-state index in [1.165, 1.54) is 25.1 Å². The highest BCUT2D eigenvalue weighted by Gasteiger charge is 2.22. The van der Waals surface area contributed by atoms with E-state index in [1.54, 1.807) is 17.9 Å². The molecule has 1 aliphatic heterocycles. The summed E-state index contributed by atoms with van der Waals surface area (Å²) >= 11 is 0. The summed E-state index contributed by atoms with van der Waals surface area (Å²) in [6.45, 7) is 4.32. The van der Waals surface area contributed by atoms with Gasteiger partial charge in [-0.2, -0.15) is 5.10 Å². The Bertz CT molecular complexity index is 1210. The number of rotatable bonds is 7. The van der Waals surface area contributed by atoms with E-state index >= 15 is 0 Å². The minimum atomic E-state index is -0.619. The molecular weight excluding hydrogens is 450 g/mol. The van der Waals surface area contributed by atoms with Crippen LogP contribution < -0.4 is 11.1 Å². The molecular formula is C29H33N5O2. The SMILES string of the molecule is COCCN1CCC(c2ccccc2)C1.NC(=O)Nc1cc(-c2ccccc2)nn1-c1ccccc1. The molecule has 1 saturated heterocycles. The van der Waals surface area contributed by atoms with Crippen LogP contribution in [0.15, 0.2) is 97.1 Å². The van der Waals surface area contributed by atoms with Crippen molar-refractivity contribution >= 4 is 11.8 Å². The molecule has 7 heteroatoms. The summed E-state index contributed by atoms with van der Waals surface area (Å²) in [5.41, 5.74) is 9.30. The normalized spacial score (nSPS) is 15.2. The molecule has 0 aliphatic carbocycles. The number of nitrogens with zero attached hydrogens (tertiary/aromatic N) is 3. The van der Waals surface area contributed by atoms with Crippen molar-refractivity contribution in [2.45, 2.75) is 12.3 Å². The van der Waals surface area contributed by atoms with Crippen molar-refractivity contribution in [3.63, 3.8) is 0 Å². The zero-order valence-electron chi connectivity index (χ0n) is 20.6. The van der Waals surface area contributed by atoms with E-state index in [0.717, 1.165) is 36.0 Å². The van der Waals surface area contributed by atoms with Crippen molar-refractivity contribution in [2.75, 3.05) is 38.7 Å². The van der Waals surface area contributed by atoms with Crippen molar-refractivity contribution in [1.82, 2.24) is 14.7 Å². The first kappa shape index (κ1) is 25.2. The molecule has 0 radical (unpaired) electrons. The van der Waals surface area contributed by atoms with Crippen molar-refractivity contribution in [2.24, 2.45) is 5.73 Å². The third kappa shape index (κ3) is 6.81. The number of nitrogens with two attached hydrogens (primary N) is 1. The van der Waals surface area contributed by atoms with E-state index in [4.69, 9.17) is 10.5 Å². The van der Waals surface area contributed by atoms with Gasteiger partial charge in [0.1, 0.15) is 5.82 Å². The molecule has 0 spiro atoms. The Balaban J connectivity index is 0.000000179. The molecule has 1 atom stereocenters. The van der Waals surface area contributed by atoms with Gasteiger partial charge in [0.05, 0.1) is 18.0 Å². The first-order chi connectivity index (χ1) is 17.6. The molecule has 1 aromatic heterocycles. The van der Waals surface area contributed by atoms with E-state index in [1.807, 2.05) is 60.7 Å². The van der Waals surface area contributed by atoms with E-state index in [0.29, 0.717) is 5.82 Å². The zero-order valence-corrected chi connectivity index (χ0v) is 20.6. The molecule has 3 aromatic carbocycles. The quantitative estimate of drug-likeness (QED) is 0.381. The van der Waals surface area contributed by atoms with E-state index in [2.05, 4.69) is 45.6 Å². The second-order valence-corrected chi connectivity index (χ2v) is 8.71. The van der Waals surface area contributed by atoms with E-state index in [9.17, 15) is 4.79 Å². The largest absolute Gasteiger partial charge is 0.383 e. The summed E-state index contributed by atoms with van der Waals surface area (Å²) in [4.78, 5) is 13.7. The molecule has 0 saturated carbocycles. The number of carbonyl (C=O) groups is 1. The number of ether oxygens (including phenoxy) is 1. The zero-order chi connectivity index (χ0) is 25.2. The Hall–Kier alpha value is -3.94. The Morgan fingerprint density at radius 1 is 1.00 bits per heavy atom. The molecule has 1 unspecified atom stereocenters. The summed E-state index contributed by atoms with van der Waals surface area (Å²) in [5.74, 6) is 1.26. The molecule has 0 bridgehead atoms. The molecule has 4 aromatic rings. The number of methoxy groups -OCH3 is 1. The molecule has 3 N–H and O–H groups in total. The average Bonchev–Trinajstić information content (AvgIpc) is 3.57. The number of para-hydroxylation sites is 1. The van der Waals surface area contributed by atoms with Crippen LogP contribution in [0.1, 0.15) is 17.9 Å². The second-order valence-electron chi connectivity index (χ2n) is 8.71. The average molecular weight is 484 g/mol. The Labute approximate surface area is 212 Å². The van der Waals surface area contributed by atoms with E-state index < -0.39 is 6.03 Å². The van der Waals surface area contributed by atoms with Crippen LogP contribution in [0.5, 0.6) is 0 Å². The standard InChI is InChI=1S/C16H14N4O.C13H19NO/c17-16(21)18-15-11-14(12-7-3-1-4-8-12)19-20(15)13-9-5-2-6-10-13;1-15-10-9-14-8-7-13(11-14)12-5-3-2-4-6-12/h1-11H,(H3,17,18,21);2-6,13H,7-11H2,1H3. The van der Waals surface area contributed by atoms with Crippen LogP contribution in [-0.4, -0.2) is 54.1 Å². The van der Waals surface area contributed by atoms with Crippen molar-refractivity contribution in [3.05, 3.63) is 103 Å². The maximum absolute atomic E-state index is 11.2. The summed E-state index contributed by atoms with van der Waals surface area (Å²) in [7, 11) is 1.77. The number of likely N-dealkylation sites (tertiary alicyclic amines) is 1. The van der Waals surface area contributed by atoms with E-state index in [-0.39, 0.29) is 0 Å². The number of amides is 2. The number of urea groups is 1. The predicted octanol–water partition coefficient (Wildman–Crippen LogP) is 5.15. The highest BCUT2D eigenvalue weighted by atomic mass is 16.5. The summed E-state index contributed by atoms with van der Waals surface area (Å²) in [6, 6.07) is 31.3. The molecule has 2 heterocycles. The van der Waals surface area contributed by atoms with Crippen molar-refractivity contribution < 1.29 is 9.53 Å². The van der Waals surface area contributed by atoms with Crippen LogP contribution in [0.4, 0.5) is 10.6 Å². The monoisotopic (exact) mass is 483 g/mol. The lowest BCUT2D eigenvalue weighted by Gasteiger charge is -2.15. The van der Waals surface area contributed by atoms with Crippen LogP contribution in [0, 0.1) is 0 Å². The fourth-order valence-corrected chi connectivity index (χ4v) is 4.37. The van der Waals surface area contributed by atoms with Gasteiger partial charge in [0.15, 0.2) is 0 Å².